The quantitative estimate of drug-likeness (QED) is 0.670. The van der Waals surface area contributed by atoms with E-state index < -0.39 is 0 Å². The number of rotatable bonds is 8. The standard InChI is InChI=1S/C18H33N7O2/c1-16-4-7-23(8-5-16)15-17-19-20-21-25(17)6-2-3-18(27)24-11-9-22(10-12-24)13-14-26/h16,26H,2-15H2,1H3. The second-order valence-electron chi connectivity index (χ2n) is 7.83. The molecule has 27 heavy (non-hydrogen) atoms. The Balaban J connectivity index is 1.38. The number of piperazine rings is 1. The van der Waals surface area contributed by atoms with E-state index in [1.54, 1.807) is 0 Å². The zero-order valence-corrected chi connectivity index (χ0v) is 16.5. The van der Waals surface area contributed by atoms with Crippen molar-refractivity contribution >= 4 is 5.91 Å². The smallest absolute Gasteiger partial charge is 0.222 e. The van der Waals surface area contributed by atoms with E-state index >= 15 is 0 Å². The first kappa shape index (κ1) is 20.2. The third-order valence-electron chi connectivity index (χ3n) is 5.75. The Hall–Kier alpha value is -1.58. The van der Waals surface area contributed by atoms with Crippen LogP contribution >= 0.6 is 0 Å². The number of aliphatic hydroxyl groups excluding tert-OH is 1. The summed E-state index contributed by atoms with van der Waals surface area (Å²) in [5.74, 6) is 1.92. The van der Waals surface area contributed by atoms with Crippen LogP contribution in [0.2, 0.25) is 0 Å². The van der Waals surface area contributed by atoms with Crippen molar-refractivity contribution in [3.8, 4) is 0 Å². The summed E-state index contributed by atoms with van der Waals surface area (Å²) >= 11 is 0. The van der Waals surface area contributed by atoms with E-state index in [2.05, 4.69) is 32.2 Å². The van der Waals surface area contributed by atoms with Gasteiger partial charge in [0.2, 0.25) is 5.91 Å². The normalized spacial score (nSPS) is 20.3. The molecule has 1 amide bonds. The van der Waals surface area contributed by atoms with Crippen molar-refractivity contribution in [2.75, 3.05) is 52.4 Å². The molecule has 0 aliphatic carbocycles. The van der Waals surface area contributed by atoms with Gasteiger partial charge in [-0.05, 0) is 48.7 Å². The van der Waals surface area contributed by atoms with Gasteiger partial charge in [0.15, 0.2) is 5.82 Å². The zero-order chi connectivity index (χ0) is 19.1. The largest absolute Gasteiger partial charge is 0.395 e. The van der Waals surface area contributed by atoms with Gasteiger partial charge in [-0.25, -0.2) is 4.68 Å². The molecule has 1 N–H and O–H groups in total. The molecule has 0 aromatic carbocycles. The summed E-state index contributed by atoms with van der Waals surface area (Å²) < 4.78 is 1.85. The molecule has 9 nitrogen and oxygen atoms in total. The Labute approximate surface area is 161 Å². The molecule has 3 rings (SSSR count). The number of likely N-dealkylation sites (tertiary alicyclic amines) is 1. The van der Waals surface area contributed by atoms with E-state index in [0.717, 1.165) is 64.0 Å². The lowest BCUT2D eigenvalue weighted by atomic mass is 9.99. The van der Waals surface area contributed by atoms with E-state index in [-0.39, 0.29) is 12.5 Å². The van der Waals surface area contributed by atoms with Crippen molar-refractivity contribution < 1.29 is 9.90 Å². The molecule has 2 aliphatic heterocycles. The molecular formula is C18H33N7O2. The SMILES string of the molecule is CC1CCN(Cc2nnnn2CCCC(=O)N2CCN(CCO)CC2)CC1. The van der Waals surface area contributed by atoms with E-state index in [4.69, 9.17) is 5.11 Å². The topological polar surface area (TPSA) is 90.6 Å². The molecule has 2 aliphatic rings. The molecule has 152 valence electrons. The first-order chi connectivity index (χ1) is 13.2. The van der Waals surface area contributed by atoms with Crippen molar-refractivity contribution in [3.63, 3.8) is 0 Å². The summed E-state index contributed by atoms with van der Waals surface area (Å²) in [5, 5.41) is 21.1. The van der Waals surface area contributed by atoms with Crippen molar-refractivity contribution in [1.29, 1.82) is 0 Å². The van der Waals surface area contributed by atoms with Gasteiger partial charge in [-0.2, -0.15) is 0 Å². The molecule has 0 saturated carbocycles. The lowest BCUT2D eigenvalue weighted by molar-refractivity contribution is -0.133. The third-order valence-corrected chi connectivity index (χ3v) is 5.75. The fraction of sp³-hybridized carbons (Fsp3) is 0.889. The summed E-state index contributed by atoms with van der Waals surface area (Å²) in [6.45, 7) is 10.1. The number of amides is 1. The molecule has 2 fully saturated rings. The van der Waals surface area contributed by atoms with Crippen LogP contribution in [0.25, 0.3) is 0 Å². The second-order valence-corrected chi connectivity index (χ2v) is 7.83. The van der Waals surface area contributed by atoms with Crippen LogP contribution in [0, 0.1) is 5.92 Å². The number of aromatic nitrogens is 4. The maximum atomic E-state index is 12.4. The molecule has 0 spiro atoms. The monoisotopic (exact) mass is 379 g/mol. The maximum absolute atomic E-state index is 12.4. The van der Waals surface area contributed by atoms with Crippen LogP contribution in [0.5, 0.6) is 0 Å². The van der Waals surface area contributed by atoms with Crippen LogP contribution in [-0.2, 0) is 17.9 Å². The number of hydrogen-bond acceptors (Lipinski definition) is 7. The third kappa shape index (κ3) is 5.95. The summed E-state index contributed by atoms with van der Waals surface area (Å²) in [4.78, 5) is 19.0. The van der Waals surface area contributed by atoms with Gasteiger partial charge < -0.3 is 10.0 Å². The molecule has 9 heteroatoms. The van der Waals surface area contributed by atoms with E-state index in [9.17, 15) is 4.79 Å². The number of aliphatic hydroxyl groups is 1. The highest BCUT2D eigenvalue weighted by molar-refractivity contribution is 5.76. The fourth-order valence-corrected chi connectivity index (χ4v) is 3.83. The molecule has 0 bridgehead atoms. The summed E-state index contributed by atoms with van der Waals surface area (Å²) in [7, 11) is 0. The molecular weight excluding hydrogens is 346 g/mol. The summed E-state index contributed by atoms with van der Waals surface area (Å²) in [6.07, 6.45) is 3.76. The molecule has 3 heterocycles. The molecule has 1 aromatic rings. The molecule has 1 aromatic heterocycles. The van der Waals surface area contributed by atoms with Gasteiger partial charge in [0.25, 0.3) is 0 Å². The van der Waals surface area contributed by atoms with Gasteiger partial charge in [-0.15, -0.1) is 5.10 Å². The van der Waals surface area contributed by atoms with Crippen molar-refractivity contribution in [1.82, 2.24) is 34.9 Å². The Morgan fingerprint density at radius 2 is 1.81 bits per heavy atom. The van der Waals surface area contributed by atoms with Gasteiger partial charge >= 0.3 is 0 Å². The van der Waals surface area contributed by atoms with Crippen LogP contribution in [0.15, 0.2) is 0 Å². The molecule has 0 atom stereocenters. The number of carbonyl (C=O) groups is 1. The van der Waals surface area contributed by atoms with E-state index in [1.165, 1.54) is 12.8 Å². The lowest BCUT2D eigenvalue weighted by Crippen LogP contribution is -2.49. The second kappa shape index (κ2) is 10.1. The summed E-state index contributed by atoms with van der Waals surface area (Å²) in [5.41, 5.74) is 0. The zero-order valence-electron chi connectivity index (χ0n) is 16.5. The van der Waals surface area contributed by atoms with Crippen LogP contribution < -0.4 is 0 Å². The Morgan fingerprint density at radius 3 is 2.52 bits per heavy atom. The Bertz CT molecular complexity index is 578. The Kier molecular flexibility index (Phi) is 7.54. The first-order valence-corrected chi connectivity index (χ1v) is 10.2. The summed E-state index contributed by atoms with van der Waals surface area (Å²) in [6, 6.07) is 0. The minimum absolute atomic E-state index is 0.179. The lowest BCUT2D eigenvalue weighted by Gasteiger charge is -2.34. The van der Waals surface area contributed by atoms with E-state index in [0.29, 0.717) is 19.5 Å². The fourth-order valence-electron chi connectivity index (χ4n) is 3.83. The minimum atomic E-state index is 0.179. The van der Waals surface area contributed by atoms with Crippen molar-refractivity contribution in [3.05, 3.63) is 5.82 Å². The number of piperidine rings is 1. The van der Waals surface area contributed by atoms with Gasteiger partial charge in [0, 0.05) is 45.7 Å². The number of nitrogens with zero attached hydrogens (tertiary/aromatic N) is 7. The molecule has 0 unspecified atom stereocenters. The maximum Gasteiger partial charge on any atom is 0.222 e. The minimum Gasteiger partial charge on any atom is -0.395 e. The van der Waals surface area contributed by atoms with Crippen LogP contribution in [0.4, 0.5) is 0 Å². The number of carbonyl (C=O) groups excluding carboxylic acids is 1. The van der Waals surface area contributed by atoms with Crippen LogP contribution in [-0.4, -0.2) is 98.3 Å². The van der Waals surface area contributed by atoms with E-state index in [1.807, 2.05) is 9.58 Å². The van der Waals surface area contributed by atoms with Crippen LogP contribution in [0.1, 0.15) is 38.4 Å². The van der Waals surface area contributed by atoms with Crippen molar-refractivity contribution in [2.45, 2.75) is 45.7 Å². The average Bonchev–Trinajstić information content (AvgIpc) is 3.11. The average molecular weight is 380 g/mol. The number of β-amino-alcohol motifs (C(OH)–C–C–N with tert-alkyl or cyclic N) is 1. The Morgan fingerprint density at radius 1 is 1.07 bits per heavy atom. The number of hydrogen-bond donors (Lipinski definition) is 1. The van der Waals surface area contributed by atoms with Gasteiger partial charge in [-0.3, -0.25) is 14.6 Å². The molecule has 0 radical (unpaired) electrons. The highest BCUT2D eigenvalue weighted by Gasteiger charge is 2.21. The predicted molar refractivity (Wildman–Crippen MR) is 101 cm³/mol. The van der Waals surface area contributed by atoms with Crippen molar-refractivity contribution in [2.24, 2.45) is 5.92 Å². The predicted octanol–water partition coefficient (Wildman–Crippen LogP) is -0.178. The molecule has 2 saturated heterocycles. The highest BCUT2D eigenvalue weighted by atomic mass is 16.3. The van der Waals surface area contributed by atoms with Gasteiger partial charge in [0.1, 0.15) is 0 Å². The number of tetrazole rings is 1. The van der Waals surface area contributed by atoms with Gasteiger partial charge in [0.05, 0.1) is 13.2 Å². The number of aryl methyl sites for hydroxylation is 1. The highest BCUT2D eigenvalue weighted by Crippen LogP contribution is 2.17. The van der Waals surface area contributed by atoms with Gasteiger partial charge in [-0.1, -0.05) is 6.92 Å². The van der Waals surface area contributed by atoms with Crippen LogP contribution in [0.3, 0.4) is 0 Å². The first-order valence-electron chi connectivity index (χ1n) is 10.2.